The van der Waals surface area contributed by atoms with Crippen LogP contribution in [0.5, 0.6) is 0 Å². The van der Waals surface area contributed by atoms with E-state index in [4.69, 9.17) is 5.73 Å². The fraction of sp³-hybridized carbons (Fsp3) is 0.545. The first-order chi connectivity index (χ1) is 7.50. The lowest BCUT2D eigenvalue weighted by atomic mass is 9.98. The van der Waals surface area contributed by atoms with Crippen molar-refractivity contribution in [3.8, 4) is 0 Å². The number of nitrogen functional groups attached to an aromatic ring is 1. The molecule has 0 saturated heterocycles. The molecule has 0 radical (unpaired) electrons. The van der Waals surface area contributed by atoms with Gasteiger partial charge in [0.2, 0.25) is 0 Å². The lowest BCUT2D eigenvalue weighted by molar-refractivity contribution is 0.0456. The Balaban J connectivity index is 2.67. The molecular formula is C11H18BrN3O. The molecule has 0 aromatic carbocycles. The predicted molar refractivity (Wildman–Crippen MR) is 70.4 cm³/mol. The fourth-order valence-corrected chi connectivity index (χ4v) is 1.70. The Bertz CT molecular complexity index is 353. The second kappa shape index (κ2) is 5.50. The number of rotatable bonds is 5. The number of aromatic nitrogens is 1. The summed E-state index contributed by atoms with van der Waals surface area (Å²) in [6.45, 7) is 4.38. The summed E-state index contributed by atoms with van der Waals surface area (Å²) in [5, 5.41) is 13.2. The smallest absolute Gasteiger partial charge is 0.149 e. The minimum Gasteiger partial charge on any atom is -0.396 e. The Morgan fingerprint density at radius 2 is 2.12 bits per heavy atom. The van der Waals surface area contributed by atoms with Crippen molar-refractivity contribution in [2.24, 2.45) is 0 Å². The topological polar surface area (TPSA) is 71.2 Å². The van der Waals surface area contributed by atoms with Gasteiger partial charge in [0.1, 0.15) is 5.82 Å². The molecular weight excluding hydrogens is 270 g/mol. The van der Waals surface area contributed by atoms with Crippen molar-refractivity contribution in [2.45, 2.75) is 32.3 Å². The van der Waals surface area contributed by atoms with Gasteiger partial charge in [-0.05, 0) is 34.8 Å². The van der Waals surface area contributed by atoms with Gasteiger partial charge < -0.3 is 16.2 Å². The van der Waals surface area contributed by atoms with E-state index in [2.05, 4.69) is 26.2 Å². The molecule has 16 heavy (non-hydrogen) atoms. The van der Waals surface area contributed by atoms with Crippen LogP contribution >= 0.6 is 15.9 Å². The highest BCUT2D eigenvalue weighted by molar-refractivity contribution is 9.10. The Morgan fingerprint density at radius 3 is 2.62 bits per heavy atom. The van der Waals surface area contributed by atoms with Crippen LogP contribution in [-0.4, -0.2) is 22.2 Å². The third kappa shape index (κ3) is 3.35. The van der Waals surface area contributed by atoms with Crippen molar-refractivity contribution in [1.29, 1.82) is 0 Å². The quantitative estimate of drug-likeness (QED) is 0.778. The lowest BCUT2D eigenvalue weighted by Gasteiger charge is -2.25. The van der Waals surface area contributed by atoms with Crippen LogP contribution in [0.25, 0.3) is 0 Å². The highest BCUT2D eigenvalue weighted by Gasteiger charge is 2.22. The molecule has 0 unspecified atom stereocenters. The molecule has 0 atom stereocenters. The number of nitrogens with one attached hydrogen (secondary N) is 1. The van der Waals surface area contributed by atoms with E-state index in [-0.39, 0.29) is 0 Å². The maximum absolute atomic E-state index is 10.1. The number of nitrogens with two attached hydrogens (primary N) is 1. The fourth-order valence-electron chi connectivity index (χ4n) is 1.35. The number of hydrogen-bond donors (Lipinski definition) is 3. The Hall–Kier alpha value is -0.810. The van der Waals surface area contributed by atoms with E-state index < -0.39 is 5.60 Å². The van der Waals surface area contributed by atoms with E-state index >= 15 is 0 Å². The van der Waals surface area contributed by atoms with Crippen LogP contribution in [-0.2, 0) is 0 Å². The highest BCUT2D eigenvalue weighted by atomic mass is 79.9. The Kier molecular flexibility index (Phi) is 4.56. The molecule has 4 nitrogen and oxygen atoms in total. The van der Waals surface area contributed by atoms with Gasteiger partial charge in [-0.25, -0.2) is 4.98 Å². The van der Waals surface area contributed by atoms with Crippen molar-refractivity contribution in [3.05, 3.63) is 16.7 Å². The van der Waals surface area contributed by atoms with E-state index in [0.717, 1.165) is 4.47 Å². The summed E-state index contributed by atoms with van der Waals surface area (Å²) in [5.41, 5.74) is 5.68. The van der Waals surface area contributed by atoms with Crippen LogP contribution in [0.2, 0.25) is 0 Å². The SMILES string of the molecule is CCC(O)(CC)CNc1ncc(Br)cc1N. The lowest BCUT2D eigenvalue weighted by Crippen LogP contribution is -2.35. The van der Waals surface area contributed by atoms with Gasteiger partial charge in [-0.15, -0.1) is 0 Å². The molecule has 0 spiro atoms. The molecule has 90 valence electrons. The minimum atomic E-state index is -0.693. The maximum Gasteiger partial charge on any atom is 0.149 e. The van der Waals surface area contributed by atoms with Gasteiger partial charge in [0.25, 0.3) is 0 Å². The van der Waals surface area contributed by atoms with Gasteiger partial charge in [0.05, 0.1) is 11.3 Å². The number of halogens is 1. The van der Waals surface area contributed by atoms with Crippen LogP contribution in [0.1, 0.15) is 26.7 Å². The number of hydrogen-bond acceptors (Lipinski definition) is 4. The van der Waals surface area contributed by atoms with E-state index in [1.807, 2.05) is 13.8 Å². The molecule has 0 saturated carbocycles. The second-order valence-corrected chi connectivity index (χ2v) is 4.79. The van der Waals surface area contributed by atoms with E-state index in [1.165, 1.54) is 0 Å². The Morgan fingerprint density at radius 1 is 1.50 bits per heavy atom. The average molecular weight is 288 g/mol. The molecule has 1 heterocycles. The summed E-state index contributed by atoms with van der Waals surface area (Å²) < 4.78 is 0.844. The van der Waals surface area contributed by atoms with Crippen molar-refractivity contribution < 1.29 is 5.11 Å². The van der Waals surface area contributed by atoms with Crippen molar-refractivity contribution in [1.82, 2.24) is 4.98 Å². The van der Waals surface area contributed by atoms with E-state index in [1.54, 1.807) is 12.3 Å². The molecule has 4 N–H and O–H groups in total. The third-order valence-electron chi connectivity index (χ3n) is 2.78. The first-order valence-electron chi connectivity index (χ1n) is 5.38. The molecule has 0 fully saturated rings. The predicted octanol–water partition coefficient (Wildman–Crippen LogP) is 2.39. The summed E-state index contributed by atoms with van der Waals surface area (Å²) in [5.74, 6) is 0.614. The number of pyridine rings is 1. The van der Waals surface area contributed by atoms with Crippen LogP contribution < -0.4 is 11.1 Å². The minimum absolute atomic E-state index is 0.457. The molecule has 0 amide bonds. The van der Waals surface area contributed by atoms with Crippen molar-refractivity contribution >= 4 is 27.4 Å². The summed E-state index contributed by atoms with van der Waals surface area (Å²) >= 11 is 3.29. The third-order valence-corrected chi connectivity index (χ3v) is 3.22. The normalized spacial score (nSPS) is 11.5. The first kappa shape index (κ1) is 13.3. The van der Waals surface area contributed by atoms with Gasteiger partial charge in [-0.2, -0.15) is 0 Å². The zero-order valence-electron chi connectivity index (χ0n) is 9.63. The monoisotopic (exact) mass is 287 g/mol. The number of anilines is 2. The molecule has 0 aliphatic heterocycles. The first-order valence-corrected chi connectivity index (χ1v) is 6.17. The van der Waals surface area contributed by atoms with Crippen molar-refractivity contribution in [2.75, 3.05) is 17.6 Å². The maximum atomic E-state index is 10.1. The molecule has 5 heteroatoms. The molecule has 0 aliphatic carbocycles. The van der Waals surface area contributed by atoms with Gasteiger partial charge in [0.15, 0.2) is 0 Å². The summed E-state index contributed by atoms with van der Waals surface area (Å²) in [7, 11) is 0. The van der Waals surface area contributed by atoms with Crippen LogP contribution in [0.3, 0.4) is 0 Å². The average Bonchev–Trinajstić information content (AvgIpc) is 2.27. The molecule has 0 bridgehead atoms. The van der Waals surface area contributed by atoms with Crippen LogP contribution in [0.4, 0.5) is 11.5 Å². The van der Waals surface area contributed by atoms with Crippen LogP contribution in [0.15, 0.2) is 16.7 Å². The zero-order chi connectivity index (χ0) is 12.2. The zero-order valence-corrected chi connectivity index (χ0v) is 11.2. The Labute approximate surface area is 104 Å². The molecule has 1 aromatic rings. The van der Waals surface area contributed by atoms with Gasteiger partial charge >= 0.3 is 0 Å². The second-order valence-electron chi connectivity index (χ2n) is 3.88. The van der Waals surface area contributed by atoms with Crippen molar-refractivity contribution in [3.63, 3.8) is 0 Å². The van der Waals surface area contributed by atoms with Gasteiger partial charge in [-0.3, -0.25) is 0 Å². The number of aliphatic hydroxyl groups is 1. The summed E-state index contributed by atoms with van der Waals surface area (Å²) in [6.07, 6.45) is 3.08. The van der Waals surface area contributed by atoms with Gasteiger partial charge in [-0.1, -0.05) is 13.8 Å². The highest BCUT2D eigenvalue weighted by Crippen LogP contribution is 2.21. The number of nitrogens with zero attached hydrogens (tertiary/aromatic N) is 1. The van der Waals surface area contributed by atoms with Crippen LogP contribution in [0, 0.1) is 0 Å². The molecule has 0 aliphatic rings. The van der Waals surface area contributed by atoms with E-state index in [0.29, 0.717) is 30.9 Å². The summed E-state index contributed by atoms with van der Waals surface area (Å²) in [4.78, 5) is 4.16. The molecule has 1 rings (SSSR count). The summed E-state index contributed by atoms with van der Waals surface area (Å²) in [6, 6.07) is 1.78. The standard InChI is InChI=1S/C11H18BrN3O/c1-3-11(16,4-2)7-15-10-9(13)5-8(12)6-14-10/h5-6,16H,3-4,7,13H2,1-2H3,(H,14,15). The van der Waals surface area contributed by atoms with Gasteiger partial charge in [0, 0.05) is 17.2 Å². The van der Waals surface area contributed by atoms with E-state index in [9.17, 15) is 5.11 Å². The largest absolute Gasteiger partial charge is 0.396 e. The molecule has 1 aromatic heterocycles.